The van der Waals surface area contributed by atoms with Crippen molar-refractivity contribution < 1.29 is 4.79 Å². The molecule has 0 spiro atoms. The quantitative estimate of drug-likeness (QED) is 0.611. The number of hydrogen-bond acceptors (Lipinski definition) is 1. The summed E-state index contributed by atoms with van der Waals surface area (Å²) in [4.78, 5) is 12.0. The van der Waals surface area contributed by atoms with Crippen molar-refractivity contribution in [2.24, 2.45) is 5.92 Å². The summed E-state index contributed by atoms with van der Waals surface area (Å²) in [6.45, 7) is 4.15. The summed E-state index contributed by atoms with van der Waals surface area (Å²) in [7, 11) is 0. The summed E-state index contributed by atoms with van der Waals surface area (Å²) in [6.07, 6.45) is 0. The molecule has 0 saturated carbocycles. The first-order valence-corrected chi connectivity index (χ1v) is 7.55. The van der Waals surface area contributed by atoms with Crippen molar-refractivity contribution in [3.05, 3.63) is 33.8 Å². The standard InChI is InChI=1S/C12H14Cl2INO/c1-7(2)11(6-15)16-12(17)9-5-8(13)3-4-10(9)14/h3-5,7,11H,6H2,1-2H3,(H,16,17). The zero-order chi connectivity index (χ0) is 13.0. The maximum atomic E-state index is 12.0. The van der Waals surface area contributed by atoms with Crippen LogP contribution in [-0.4, -0.2) is 16.4 Å². The lowest BCUT2D eigenvalue weighted by Crippen LogP contribution is -2.39. The number of alkyl halides is 1. The molecule has 1 N–H and O–H groups in total. The predicted octanol–water partition coefficient (Wildman–Crippen LogP) is 4.18. The van der Waals surface area contributed by atoms with Crippen LogP contribution in [0.25, 0.3) is 0 Å². The van der Waals surface area contributed by atoms with Gasteiger partial charge in [0.2, 0.25) is 0 Å². The van der Waals surface area contributed by atoms with Gasteiger partial charge in [0.05, 0.1) is 10.6 Å². The summed E-state index contributed by atoms with van der Waals surface area (Å²) in [5.74, 6) is 0.210. The van der Waals surface area contributed by atoms with Gasteiger partial charge in [0.15, 0.2) is 0 Å². The van der Waals surface area contributed by atoms with Crippen LogP contribution < -0.4 is 5.32 Å². The molecule has 1 aromatic carbocycles. The van der Waals surface area contributed by atoms with Crippen molar-refractivity contribution in [1.29, 1.82) is 0 Å². The summed E-state index contributed by atoms with van der Waals surface area (Å²) >= 11 is 14.1. The third-order valence-electron chi connectivity index (χ3n) is 2.46. The molecule has 0 saturated heterocycles. The largest absolute Gasteiger partial charge is 0.348 e. The van der Waals surface area contributed by atoms with Crippen LogP contribution in [0.1, 0.15) is 24.2 Å². The van der Waals surface area contributed by atoms with Gasteiger partial charge in [0.1, 0.15) is 0 Å². The van der Waals surface area contributed by atoms with Crippen LogP contribution in [0.5, 0.6) is 0 Å². The van der Waals surface area contributed by atoms with Gasteiger partial charge in [-0.1, -0.05) is 59.6 Å². The molecule has 1 atom stereocenters. The van der Waals surface area contributed by atoms with Crippen molar-refractivity contribution in [3.63, 3.8) is 0 Å². The van der Waals surface area contributed by atoms with Gasteiger partial charge in [-0.05, 0) is 24.1 Å². The Morgan fingerprint density at radius 3 is 2.59 bits per heavy atom. The Bertz CT molecular complexity index is 409. The molecule has 1 aromatic rings. The number of nitrogens with one attached hydrogen (secondary N) is 1. The summed E-state index contributed by atoms with van der Waals surface area (Å²) in [5, 5.41) is 3.89. The van der Waals surface area contributed by atoms with E-state index in [4.69, 9.17) is 23.2 Å². The summed E-state index contributed by atoms with van der Waals surface area (Å²) < 4.78 is 0.860. The smallest absolute Gasteiger partial charge is 0.253 e. The van der Waals surface area contributed by atoms with E-state index in [2.05, 4.69) is 41.8 Å². The van der Waals surface area contributed by atoms with Crippen molar-refractivity contribution in [1.82, 2.24) is 5.32 Å². The highest BCUT2D eigenvalue weighted by molar-refractivity contribution is 14.1. The van der Waals surface area contributed by atoms with Gasteiger partial charge in [0, 0.05) is 15.5 Å². The second kappa shape index (κ2) is 6.81. The Morgan fingerprint density at radius 2 is 2.06 bits per heavy atom. The van der Waals surface area contributed by atoms with Crippen molar-refractivity contribution in [2.45, 2.75) is 19.9 Å². The first-order valence-electron chi connectivity index (χ1n) is 5.27. The van der Waals surface area contributed by atoms with Crippen LogP contribution in [0.4, 0.5) is 0 Å². The fourth-order valence-electron chi connectivity index (χ4n) is 1.30. The molecule has 0 heterocycles. The van der Waals surface area contributed by atoms with Gasteiger partial charge in [0.25, 0.3) is 5.91 Å². The zero-order valence-electron chi connectivity index (χ0n) is 9.64. The molecule has 1 unspecified atom stereocenters. The highest BCUT2D eigenvalue weighted by atomic mass is 127. The lowest BCUT2D eigenvalue weighted by atomic mass is 10.1. The highest BCUT2D eigenvalue weighted by Gasteiger charge is 2.17. The van der Waals surface area contributed by atoms with E-state index in [-0.39, 0.29) is 11.9 Å². The van der Waals surface area contributed by atoms with E-state index in [9.17, 15) is 4.79 Å². The van der Waals surface area contributed by atoms with Gasteiger partial charge in [-0.25, -0.2) is 0 Å². The molecule has 94 valence electrons. The molecule has 0 aliphatic carbocycles. The van der Waals surface area contributed by atoms with Crippen LogP contribution in [0.15, 0.2) is 18.2 Å². The molecule has 0 aliphatic heterocycles. The van der Waals surface area contributed by atoms with E-state index in [1.165, 1.54) is 0 Å². The van der Waals surface area contributed by atoms with Crippen molar-refractivity contribution in [2.75, 3.05) is 4.43 Å². The fourth-order valence-corrected chi connectivity index (χ4v) is 2.91. The topological polar surface area (TPSA) is 29.1 Å². The van der Waals surface area contributed by atoms with Crippen LogP contribution in [-0.2, 0) is 0 Å². The molecule has 1 amide bonds. The van der Waals surface area contributed by atoms with Crippen molar-refractivity contribution in [3.8, 4) is 0 Å². The first kappa shape index (κ1) is 15.1. The maximum absolute atomic E-state index is 12.0. The number of carbonyl (C=O) groups is 1. The van der Waals surface area contributed by atoms with Gasteiger partial charge >= 0.3 is 0 Å². The zero-order valence-corrected chi connectivity index (χ0v) is 13.3. The number of carbonyl (C=O) groups excluding carboxylic acids is 1. The Kier molecular flexibility index (Phi) is 6.03. The second-order valence-electron chi connectivity index (χ2n) is 4.10. The molecule has 0 fully saturated rings. The normalized spacial score (nSPS) is 12.6. The Labute approximate surface area is 125 Å². The minimum Gasteiger partial charge on any atom is -0.348 e. The molecular weight excluding hydrogens is 372 g/mol. The number of hydrogen-bond donors (Lipinski definition) is 1. The van der Waals surface area contributed by atoms with Gasteiger partial charge in [-0.2, -0.15) is 0 Å². The number of benzene rings is 1. The van der Waals surface area contributed by atoms with E-state index in [1.54, 1.807) is 18.2 Å². The Morgan fingerprint density at radius 1 is 1.41 bits per heavy atom. The van der Waals surface area contributed by atoms with E-state index in [0.29, 0.717) is 21.5 Å². The van der Waals surface area contributed by atoms with E-state index < -0.39 is 0 Å². The monoisotopic (exact) mass is 385 g/mol. The Balaban J connectivity index is 2.86. The fraction of sp³-hybridized carbons (Fsp3) is 0.417. The minimum atomic E-state index is -0.173. The molecule has 1 rings (SSSR count). The van der Waals surface area contributed by atoms with Crippen molar-refractivity contribution >= 4 is 51.7 Å². The van der Waals surface area contributed by atoms with E-state index in [0.717, 1.165) is 4.43 Å². The molecule has 0 radical (unpaired) electrons. The summed E-state index contributed by atoms with van der Waals surface area (Å²) in [5.41, 5.74) is 0.426. The average Bonchev–Trinajstić information content (AvgIpc) is 2.28. The molecule has 0 aromatic heterocycles. The first-order chi connectivity index (χ1) is 7.95. The third-order valence-corrected chi connectivity index (χ3v) is 3.97. The molecule has 0 bridgehead atoms. The van der Waals surface area contributed by atoms with Gasteiger partial charge < -0.3 is 5.32 Å². The maximum Gasteiger partial charge on any atom is 0.253 e. The van der Waals surface area contributed by atoms with Crippen LogP contribution in [0.2, 0.25) is 10.0 Å². The molecule has 0 aliphatic rings. The second-order valence-corrected chi connectivity index (χ2v) is 5.83. The average molecular weight is 386 g/mol. The number of rotatable bonds is 4. The van der Waals surface area contributed by atoms with E-state index >= 15 is 0 Å². The van der Waals surface area contributed by atoms with Gasteiger partial charge in [-0.3, -0.25) is 4.79 Å². The molecule has 17 heavy (non-hydrogen) atoms. The Hall–Kier alpha value is -0.0000000000000000555. The molecule has 5 heteroatoms. The summed E-state index contributed by atoms with van der Waals surface area (Å²) in [6, 6.07) is 5.02. The van der Waals surface area contributed by atoms with Gasteiger partial charge in [-0.15, -0.1) is 0 Å². The molecule has 2 nitrogen and oxygen atoms in total. The highest BCUT2D eigenvalue weighted by Crippen LogP contribution is 2.21. The number of halogens is 3. The SMILES string of the molecule is CC(C)C(CI)NC(=O)c1cc(Cl)ccc1Cl. The van der Waals surface area contributed by atoms with Crippen LogP contribution >= 0.6 is 45.8 Å². The lowest BCUT2D eigenvalue weighted by Gasteiger charge is -2.20. The predicted molar refractivity (Wildman–Crippen MR) is 81.4 cm³/mol. The molecular formula is C12H14Cl2INO. The minimum absolute atomic E-state index is 0.137. The lowest BCUT2D eigenvalue weighted by molar-refractivity contribution is 0.0932. The van der Waals surface area contributed by atoms with E-state index in [1.807, 2.05) is 0 Å². The van der Waals surface area contributed by atoms with Crippen LogP contribution in [0.3, 0.4) is 0 Å². The number of amides is 1. The third kappa shape index (κ3) is 4.30. The van der Waals surface area contributed by atoms with Crippen LogP contribution in [0, 0.1) is 5.92 Å².